The van der Waals surface area contributed by atoms with E-state index in [0.717, 1.165) is 5.56 Å². The lowest BCUT2D eigenvalue weighted by Crippen LogP contribution is -2.38. The molecule has 1 amide bonds. The normalized spacial score (nSPS) is 12.2. The van der Waals surface area contributed by atoms with Gasteiger partial charge in [0.25, 0.3) is 0 Å². The second kappa shape index (κ2) is 7.59. The van der Waals surface area contributed by atoms with Gasteiger partial charge in [0.1, 0.15) is 6.04 Å². The Labute approximate surface area is 117 Å². The molecule has 1 aromatic rings. The molecule has 0 heterocycles. The minimum atomic E-state index is -0.670. The summed E-state index contributed by atoms with van der Waals surface area (Å²) in [6.45, 7) is 3.58. The van der Waals surface area contributed by atoms with Gasteiger partial charge in [-0.2, -0.15) is 0 Å². The molecule has 1 atom stereocenters. The lowest BCUT2D eigenvalue weighted by molar-refractivity contribution is -0.146. The monoisotopic (exact) mass is 281 g/mol. The molecule has 0 bridgehead atoms. The molecule has 0 saturated heterocycles. The Balaban J connectivity index is 2.53. The zero-order valence-corrected chi connectivity index (χ0v) is 11.6. The van der Waals surface area contributed by atoms with Gasteiger partial charge in [-0.3, -0.25) is 4.79 Å². The predicted molar refractivity (Wildman–Crippen MR) is 74.7 cm³/mol. The molecule has 0 saturated carbocycles. The number of carbonyl (C=O) groups excluding carboxylic acids is 2. The first kappa shape index (κ1) is 15.2. The highest BCUT2D eigenvalue weighted by molar-refractivity contribution is 6.30. The molecule has 1 rings (SSSR count). The predicted octanol–water partition coefficient (Wildman–Crippen LogP) is 2.42. The summed E-state index contributed by atoms with van der Waals surface area (Å²) in [7, 11) is 0. The fraction of sp³-hybridized carbons (Fsp3) is 0.286. The zero-order valence-electron chi connectivity index (χ0n) is 10.9. The van der Waals surface area contributed by atoms with Gasteiger partial charge in [-0.1, -0.05) is 23.7 Å². The van der Waals surface area contributed by atoms with Crippen molar-refractivity contribution in [2.45, 2.75) is 19.9 Å². The van der Waals surface area contributed by atoms with Crippen molar-refractivity contribution < 1.29 is 14.3 Å². The number of benzene rings is 1. The van der Waals surface area contributed by atoms with Crippen LogP contribution in [0.5, 0.6) is 0 Å². The van der Waals surface area contributed by atoms with Crippen molar-refractivity contribution in [1.82, 2.24) is 5.32 Å². The first-order valence-corrected chi connectivity index (χ1v) is 6.31. The molecule has 0 radical (unpaired) electrons. The van der Waals surface area contributed by atoms with Crippen LogP contribution in [0, 0.1) is 0 Å². The summed E-state index contributed by atoms with van der Waals surface area (Å²) < 4.78 is 4.79. The number of hydrogen-bond donors (Lipinski definition) is 1. The number of carbonyl (C=O) groups is 2. The van der Waals surface area contributed by atoms with E-state index < -0.39 is 12.0 Å². The Kier molecular flexibility index (Phi) is 6.09. The van der Waals surface area contributed by atoms with Gasteiger partial charge in [-0.05, 0) is 37.6 Å². The second-order valence-electron chi connectivity index (χ2n) is 3.87. The highest BCUT2D eigenvalue weighted by Gasteiger charge is 2.14. The third kappa shape index (κ3) is 5.57. The van der Waals surface area contributed by atoms with Crippen LogP contribution in [0.25, 0.3) is 6.08 Å². The summed E-state index contributed by atoms with van der Waals surface area (Å²) in [6, 6.07) is 6.43. The van der Waals surface area contributed by atoms with Crippen LogP contribution >= 0.6 is 11.6 Å². The number of nitrogens with one attached hydrogen (secondary N) is 1. The Hall–Kier alpha value is -1.81. The van der Waals surface area contributed by atoms with Gasteiger partial charge >= 0.3 is 5.97 Å². The van der Waals surface area contributed by atoms with E-state index in [1.54, 1.807) is 38.1 Å². The number of amides is 1. The third-order valence-corrected chi connectivity index (χ3v) is 2.51. The van der Waals surface area contributed by atoms with Crippen molar-refractivity contribution >= 4 is 29.6 Å². The molecule has 1 aromatic carbocycles. The quantitative estimate of drug-likeness (QED) is 0.666. The van der Waals surface area contributed by atoms with E-state index in [1.165, 1.54) is 6.08 Å². The van der Waals surface area contributed by atoms with Crippen LogP contribution in [0.15, 0.2) is 30.3 Å². The molecule has 4 nitrogen and oxygen atoms in total. The lowest BCUT2D eigenvalue weighted by Gasteiger charge is -2.10. The molecule has 0 fully saturated rings. The maximum Gasteiger partial charge on any atom is 0.328 e. The van der Waals surface area contributed by atoms with Crippen molar-refractivity contribution in [3.05, 3.63) is 40.9 Å². The number of hydrogen-bond acceptors (Lipinski definition) is 3. The van der Waals surface area contributed by atoms with Gasteiger partial charge in [0.2, 0.25) is 5.91 Å². The van der Waals surface area contributed by atoms with E-state index in [9.17, 15) is 9.59 Å². The molecule has 0 aromatic heterocycles. The van der Waals surface area contributed by atoms with Crippen molar-refractivity contribution in [3.63, 3.8) is 0 Å². The van der Waals surface area contributed by atoms with E-state index >= 15 is 0 Å². The van der Waals surface area contributed by atoms with Crippen LogP contribution < -0.4 is 5.32 Å². The summed E-state index contributed by atoms with van der Waals surface area (Å²) in [5.74, 6) is -0.812. The standard InChI is InChI=1S/C14H16ClNO3/c1-3-19-14(18)10(2)16-13(17)8-7-11-5-4-6-12(15)9-11/h4-10H,3H2,1-2H3,(H,16,17)/b8-7+. The van der Waals surface area contributed by atoms with Gasteiger partial charge < -0.3 is 10.1 Å². The van der Waals surface area contributed by atoms with Gasteiger partial charge in [-0.25, -0.2) is 4.79 Å². The van der Waals surface area contributed by atoms with E-state index in [2.05, 4.69) is 5.32 Å². The Morgan fingerprint density at radius 3 is 2.84 bits per heavy atom. The molecular weight excluding hydrogens is 266 g/mol. The Bertz CT molecular complexity index is 485. The molecule has 1 unspecified atom stereocenters. The van der Waals surface area contributed by atoms with Crippen LogP contribution in [0.2, 0.25) is 5.02 Å². The van der Waals surface area contributed by atoms with Crippen molar-refractivity contribution in [2.24, 2.45) is 0 Å². The summed E-state index contributed by atoms with van der Waals surface area (Å²) in [6.07, 6.45) is 2.97. The maximum atomic E-state index is 11.6. The van der Waals surface area contributed by atoms with Crippen LogP contribution in [0.4, 0.5) is 0 Å². The molecule has 0 aliphatic heterocycles. The van der Waals surface area contributed by atoms with Crippen molar-refractivity contribution in [3.8, 4) is 0 Å². The van der Waals surface area contributed by atoms with E-state index in [0.29, 0.717) is 5.02 Å². The largest absolute Gasteiger partial charge is 0.464 e. The third-order valence-electron chi connectivity index (χ3n) is 2.27. The average Bonchev–Trinajstić information content (AvgIpc) is 2.36. The maximum absolute atomic E-state index is 11.6. The number of esters is 1. The summed E-state index contributed by atoms with van der Waals surface area (Å²) in [5.41, 5.74) is 0.812. The van der Waals surface area contributed by atoms with Gasteiger partial charge in [0, 0.05) is 11.1 Å². The smallest absolute Gasteiger partial charge is 0.328 e. The highest BCUT2D eigenvalue weighted by atomic mass is 35.5. The Morgan fingerprint density at radius 2 is 2.21 bits per heavy atom. The minimum absolute atomic E-state index is 0.289. The van der Waals surface area contributed by atoms with Crippen molar-refractivity contribution in [1.29, 1.82) is 0 Å². The summed E-state index contributed by atoms with van der Waals surface area (Å²) in [5, 5.41) is 3.12. The minimum Gasteiger partial charge on any atom is -0.464 e. The summed E-state index contributed by atoms with van der Waals surface area (Å²) >= 11 is 5.83. The van der Waals surface area contributed by atoms with Crippen LogP contribution in [0.1, 0.15) is 19.4 Å². The van der Waals surface area contributed by atoms with Crippen molar-refractivity contribution in [2.75, 3.05) is 6.61 Å². The van der Waals surface area contributed by atoms with Gasteiger partial charge in [0.15, 0.2) is 0 Å². The first-order chi connectivity index (χ1) is 9.02. The molecular formula is C14H16ClNO3. The SMILES string of the molecule is CCOC(=O)C(C)NC(=O)/C=C/c1cccc(Cl)c1. The lowest BCUT2D eigenvalue weighted by atomic mass is 10.2. The molecule has 5 heteroatoms. The van der Waals surface area contributed by atoms with E-state index in [-0.39, 0.29) is 12.5 Å². The van der Waals surface area contributed by atoms with Gasteiger partial charge in [0.05, 0.1) is 6.61 Å². The second-order valence-corrected chi connectivity index (χ2v) is 4.31. The van der Waals surface area contributed by atoms with E-state index in [4.69, 9.17) is 16.3 Å². The van der Waals surface area contributed by atoms with Gasteiger partial charge in [-0.15, -0.1) is 0 Å². The zero-order chi connectivity index (χ0) is 14.3. The number of ether oxygens (including phenoxy) is 1. The first-order valence-electron chi connectivity index (χ1n) is 5.93. The van der Waals surface area contributed by atoms with Crippen LogP contribution in [0.3, 0.4) is 0 Å². The topological polar surface area (TPSA) is 55.4 Å². The van der Waals surface area contributed by atoms with Crippen LogP contribution in [-0.4, -0.2) is 24.5 Å². The average molecular weight is 282 g/mol. The highest BCUT2D eigenvalue weighted by Crippen LogP contribution is 2.11. The molecule has 0 spiro atoms. The summed E-state index contributed by atoms with van der Waals surface area (Å²) in [4.78, 5) is 22.9. The number of halogens is 1. The molecule has 102 valence electrons. The Morgan fingerprint density at radius 1 is 1.47 bits per heavy atom. The van der Waals surface area contributed by atoms with Crippen LogP contribution in [-0.2, 0) is 14.3 Å². The fourth-order valence-corrected chi connectivity index (χ4v) is 1.57. The molecule has 0 aliphatic rings. The fourth-order valence-electron chi connectivity index (χ4n) is 1.37. The van der Waals surface area contributed by atoms with E-state index in [1.807, 2.05) is 6.07 Å². The molecule has 19 heavy (non-hydrogen) atoms. The molecule has 1 N–H and O–H groups in total. The number of rotatable bonds is 5. The molecule has 0 aliphatic carbocycles.